The minimum atomic E-state index is -2.91. The summed E-state index contributed by atoms with van der Waals surface area (Å²) in [5, 5.41) is 2.80. The summed E-state index contributed by atoms with van der Waals surface area (Å²) < 4.78 is 22.5. The molecule has 1 N–H and O–H groups in total. The molecule has 1 saturated heterocycles. The Kier molecular flexibility index (Phi) is 6.08. The highest BCUT2D eigenvalue weighted by Gasteiger charge is 2.28. The molecule has 0 aliphatic carbocycles. The van der Waals surface area contributed by atoms with Gasteiger partial charge in [-0.25, -0.2) is 8.42 Å². The van der Waals surface area contributed by atoms with Crippen LogP contribution in [0.3, 0.4) is 0 Å². The van der Waals surface area contributed by atoms with Gasteiger partial charge < -0.3 is 10.2 Å². The van der Waals surface area contributed by atoms with E-state index >= 15 is 0 Å². The van der Waals surface area contributed by atoms with Crippen LogP contribution in [0.2, 0.25) is 0 Å². The van der Waals surface area contributed by atoms with Crippen molar-refractivity contribution < 1.29 is 13.2 Å². The van der Waals surface area contributed by atoms with Crippen LogP contribution in [0.4, 0.5) is 0 Å². The van der Waals surface area contributed by atoms with Crippen LogP contribution in [0.1, 0.15) is 32.6 Å². The Morgan fingerprint density at radius 1 is 1.39 bits per heavy atom. The van der Waals surface area contributed by atoms with E-state index in [0.29, 0.717) is 12.8 Å². The topological polar surface area (TPSA) is 66.5 Å². The van der Waals surface area contributed by atoms with Gasteiger partial charge in [-0.1, -0.05) is 13.3 Å². The van der Waals surface area contributed by atoms with Crippen LogP contribution < -0.4 is 5.32 Å². The summed E-state index contributed by atoms with van der Waals surface area (Å²) in [5.41, 5.74) is 0. The molecule has 1 unspecified atom stereocenters. The Balaban J connectivity index is 2.18. The van der Waals surface area contributed by atoms with Gasteiger partial charge in [-0.15, -0.1) is 0 Å². The second-order valence-corrected chi connectivity index (χ2v) is 7.30. The van der Waals surface area contributed by atoms with E-state index in [1.807, 2.05) is 7.05 Å². The normalized spacial score (nSPS) is 22.3. The van der Waals surface area contributed by atoms with Gasteiger partial charge >= 0.3 is 0 Å². The molecular formula is C12H24N2O3S. The lowest BCUT2D eigenvalue weighted by Gasteiger charge is -2.16. The highest BCUT2D eigenvalue weighted by atomic mass is 32.2. The van der Waals surface area contributed by atoms with E-state index in [4.69, 9.17) is 0 Å². The quantitative estimate of drug-likeness (QED) is 0.731. The zero-order chi connectivity index (χ0) is 13.6. The number of hydrogen-bond donors (Lipinski definition) is 1. The summed E-state index contributed by atoms with van der Waals surface area (Å²) in [5.74, 6) is 0.263. The van der Waals surface area contributed by atoms with Crippen molar-refractivity contribution >= 4 is 15.7 Å². The SMILES string of the molecule is CCCCN(C)CCC(=O)NC1CCS(=O)(=O)C1. The maximum Gasteiger partial charge on any atom is 0.221 e. The first kappa shape index (κ1) is 15.4. The van der Waals surface area contributed by atoms with Gasteiger partial charge in [-0.3, -0.25) is 4.79 Å². The zero-order valence-electron chi connectivity index (χ0n) is 11.3. The number of unbranched alkanes of at least 4 members (excludes halogenated alkanes) is 1. The summed E-state index contributed by atoms with van der Waals surface area (Å²) in [6, 6.07) is -0.177. The molecule has 0 spiro atoms. The smallest absolute Gasteiger partial charge is 0.221 e. The molecule has 1 aliphatic heterocycles. The van der Waals surface area contributed by atoms with Crippen LogP contribution >= 0.6 is 0 Å². The molecule has 0 saturated carbocycles. The third-order valence-electron chi connectivity index (χ3n) is 3.21. The van der Waals surface area contributed by atoms with E-state index < -0.39 is 9.84 Å². The van der Waals surface area contributed by atoms with Gasteiger partial charge in [-0.05, 0) is 26.4 Å². The minimum absolute atomic E-state index is 0.0413. The fourth-order valence-corrected chi connectivity index (χ4v) is 3.71. The Labute approximate surface area is 110 Å². The summed E-state index contributed by atoms with van der Waals surface area (Å²) in [7, 11) is -0.907. The molecule has 18 heavy (non-hydrogen) atoms. The summed E-state index contributed by atoms with van der Waals surface area (Å²) >= 11 is 0. The number of carbonyl (C=O) groups is 1. The molecule has 0 aromatic rings. The number of nitrogens with zero attached hydrogens (tertiary/aromatic N) is 1. The number of amides is 1. The van der Waals surface area contributed by atoms with Gasteiger partial charge in [0.25, 0.3) is 0 Å². The maximum atomic E-state index is 11.7. The molecule has 0 aromatic heterocycles. The monoisotopic (exact) mass is 276 g/mol. The van der Waals surface area contributed by atoms with Crippen molar-refractivity contribution in [3.8, 4) is 0 Å². The average Bonchev–Trinajstić information content (AvgIpc) is 2.63. The van der Waals surface area contributed by atoms with Crippen molar-refractivity contribution in [1.82, 2.24) is 10.2 Å². The molecule has 5 nitrogen and oxygen atoms in total. The van der Waals surface area contributed by atoms with Gasteiger partial charge in [0.1, 0.15) is 0 Å². The van der Waals surface area contributed by atoms with Crippen molar-refractivity contribution in [3.05, 3.63) is 0 Å². The lowest BCUT2D eigenvalue weighted by Crippen LogP contribution is -2.37. The standard InChI is InChI=1S/C12H24N2O3S/c1-3-4-7-14(2)8-5-12(15)13-11-6-9-18(16,17)10-11/h11H,3-10H2,1-2H3,(H,13,15). The van der Waals surface area contributed by atoms with Crippen LogP contribution in [0, 0.1) is 0 Å². The number of rotatable bonds is 7. The Bertz CT molecular complexity index is 368. The van der Waals surface area contributed by atoms with Gasteiger partial charge in [0.2, 0.25) is 5.91 Å². The second-order valence-electron chi connectivity index (χ2n) is 5.07. The van der Waals surface area contributed by atoms with E-state index in [0.717, 1.165) is 25.9 Å². The van der Waals surface area contributed by atoms with Crippen molar-refractivity contribution in [3.63, 3.8) is 0 Å². The molecule has 1 fully saturated rings. The fourth-order valence-electron chi connectivity index (χ4n) is 2.04. The third kappa shape index (κ3) is 5.82. The van der Waals surface area contributed by atoms with E-state index in [9.17, 15) is 13.2 Å². The van der Waals surface area contributed by atoms with Crippen LogP contribution in [-0.4, -0.2) is 56.9 Å². The highest BCUT2D eigenvalue weighted by Crippen LogP contribution is 2.11. The lowest BCUT2D eigenvalue weighted by molar-refractivity contribution is -0.121. The van der Waals surface area contributed by atoms with Crippen LogP contribution in [0.5, 0.6) is 0 Å². The molecule has 1 rings (SSSR count). The second kappa shape index (κ2) is 7.09. The first-order valence-electron chi connectivity index (χ1n) is 6.61. The molecule has 0 radical (unpaired) electrons. The van der Waals surface area contributed by atoms with Gasteiger partial charge in [0, 0.05) is 19.0 Å². The van der Waals surface area contributed by atoms with Crippen LogP contribution in [0.25, 0.3) is 0 Å². The van der Waals surface area contributed by atoms with Crippen LogP contribution in [-0.2, 0) is 14.6 Å². The molecule has 1 amide bonds. The van der Waals surface area contributed by atoms with Gasteiger partial charge in [0.15, 0.2) is 9.84 Å². The molecule has 0 bridgehead atoms. The summed E-state index contributed by atoms with van der Waals surface area (Å²) in [6.07, 6.45) is 3.28. The number of sulfone groups is 1. The van der Waals surface area contributed by atoms with Gasteiger partial charge in [0.05, 0.1) is 11.5 Å². The fraction of sp³-hybridized carbons (Fsp3) is 0.917. The van der Waals surface area contributed by atoms with E-state index in [2.05, 4.69) is 17.1 Å². The van der Waals surface area contributed by atoms with E-state index in [1.165, 1.54) is 0 Å². The average molecular weight is 276 g/mol. The molecule has 1 aliphatic rings. The molecule has 1 heterocycles. The molecule has 0 aromatic carbocycles. The van der Waals surface area contributed by atoms with Gasteiger partial charge in [-0.2, -0.15) is 0 Å². The maximum absolute atomic E-state index is 11.7. The number of hydrogen-bond acceptors (Lipinski definition) is 4. The predicted molar refractivity (Wildman–Crippen MR) is 72.2 cm³/mol. The van der Waals surface area contributed by atoms with Crippen molar-refractivity contribution in [2.75, 3.05) is 31.6 Å². The lowest BCUT2D eigenvalue weighted by atomic mass is 10.2. The minimum Gasteiger partial charge on any atom is -0.352 e. The van der Waals surface area contributed by atoms with Crippen LogP contribution in [0.15, 0.2) is 0 Å². The zero-order valence-corrected chi connectivity index (χ0v) is 12.1. The molecular weight excluding hydrogens is 252 g/mol. The summed E-state index contributed by atoms with van der Waals surface area (Å²) in [6.45, 7) is 3.87. The molecule has 106 valence electrons. The van der Waals surface area contributed by atoms with E-state index in [1.54, 1.807) is 0 Å². The van der Waals surface area contributed by atoms with Crippen molar-refractivity contribution in [2.24, 2.45) is 0 Å². The Hall–Kier alpha value is -0.620. The summed E-state index contributed by atoms with van der Waals surface area (Å²) in [4.78, 5) is 13.8. The van der Waals surface area contributed by atoms with E-state index in [-0.39, 0.29) is 23.5 Å². The first-order chi connectivity index (χ1) is 8.43. The Morgan fingerprint density at radius 3 is 2.67 bits per heavy atom. The van der Waals surface area contributed by atoms with Crippen molar-refractivity contribution in [1.29, 1.82) is 0 Å². The Morgan fingerprint density at radius 2 is 2.11 bits per heavy atom. The molecule has 1 atom stereocenters. The third-order valence-corrected chi connectivity index (χ3v) is 4.98. The van der Waals surface area contributed by atoms with Crippen molar-refractivity contribution in [2.45, 2.75) is 38.6 Å². The highest BCUT2D eigenvalue weighted by molar-refractivity contribution is 7.91. The molecule has 6 heteroatoms. The largest absolute Gasteiger partial charge is 0.352 e. The number of nitrogens with one attached hydrogen (secondary N) is 1. The first-order valence-corrected chi connectivity index (χ1v) is 8.43. The number of carbonyl (C=O) groups excluding carboxylic acids is 1. The predicted octanol–water partition coefficient (Wildman–Crippen LogP) is 0.412.